The van der Waals surface area contributed by atoms with Gasteiger partial charge in [-0.25, -0.2) is 0 Å². The SMILES string of the molecule is Cc1ccc(N)c(C(=O)NC(C)Cc2ccccc2)c1. The average Bonchev–Trinajstić information content (AvgIpc) is 2.42. The molecule has 0 saturated heterocycles. The van der Waals surface area contributed by atoms with Crippen molar-refractivity contribution in [2.45, 2.75) is 26.3 Å². The van der Waals surface area contributed by atoms with E-state index in [0.717, 1.165) is 12.0 Å². The molecule has 0 spiro atoms. The molecule has 0 aliphatic rings. The molecule has 1 unspecified atom stereocenters. The van der Waals surface area contributed by atoms with E-state index in [0.29, 0.717) is 11.3 Å². The summed E-state index contributed by atoms with van der Waals surface area (Å²) in [5.74, 6) is -0.116. The van der Waals surface area contributed by atoms with Crippen LogP contribution in [0.2, 0.25) is 0 Å². The van der Waals surface area contributed by atoms with Crippen molar-refractivity contribution in [1.29, 1.82) is 0 Å². The summed E-state index contributed by atoms with van der Waals surface area (Å²) in [7, 11) is 0. The summed E-state index contributed by atoms with van der Waals surface area (Å²) in [6.45, 7) is 3.94. The monoisotopic (exact) mass is 268 g/mol. The number of anilines is 1. The van der Waals surface area contributed by atoms with Crippen LogP contribution in [0.4, 0.5) is 5.69 Å². The maximum atomic E-state index is 12.2. The first-order chi connectivity index (χ1) is 9.56. The van der Waals surface area contributed by atoms with E-state index < -0.39 is 0 Å². The molecule has 1 amide bonds. The number of nitrogens with two attached hydrogens (primary N) is 1. The molecular weight excluding hydrogens is 248 g/mol. The number of carbonyl (C=O) groups is 1. The first-order valence-corrected chi connectivity index (χ1v) is 6.77. The number of aryl methyl sites for hydroxylation is 1. The topological polar surface area (TPSA) is 55.1 Å². The summed E-state index contributed by atoms with van der Waals surface area (Å²) < 4.78 is 0. The summed E-state index contributed by atoms with van der Waals surface area (Å²) in [5, 5.41) is 2.99. The Morgan fingerprint density at radius 1 is 1.20 bits per heavy atom. The molecule has 0 radical (unpaired) electrons. The van der Waals surface area contributed by atoms with Crippen molar-refractivity contribution in [3.63, 3.8) is 0 Å². The maximum Gasteiger partial charge on any atom is 0.253 e. The lowest BCUT2D eigenvalue weighted by atomic mass is 10.1. The number of hydrogen-bond acceptors (Lipinski definition) is 2. The van der Waals surface area contributed by atoms with Crippen LogP contribution in [0.25, 0.3) is 0 Å². The average molecular weight is 268 g/mol. The number of nitrogen functional groups attached to an aromatic ring is 1. The first kappa shape index (κ1) is 14.1. The van der Waals surface area contributed by atoms with Crippen LogP contribution in [-0.2, 0) is 6.42 Å². The quantitative estimate of drug-likeness (QED) is 0.838. The Morgan fingerprint density at radius 2 is 1.90 bits per heavy atom. The highest BCUT2D eigenvalue weighted by atomic mass is 16.1. The summed E-state index contributed by atoms with van der Waals surface area (Å²) in [4.78, 5) is 12.2. The lowest BCUT2D eigenvalue weighted by molar-refractivity contribution is 0.0941. The summed E-state index contributed by atoms with van der Waals surface area (Å²) in [6.07, 6.45) is 0.804. The highest BCUT2D eigenvalue weighted by Crippen LogP contribution is 2.14. The molecule has 0 aromatic heterocycles. The molecule has 2 aromatic rings. The standard InChI is InChI=1S/C17H20N2O/c1-12-8-9-16(18)15(10-12)17(20)19-13(2)11-14-6-4-3-5-7-14/h3-10,13H,11,18H2,1-2H3,(H,19,20). The van der Waals surface area contributed by atoms with E-state index in [2.05, 4.69) is 17.4 Å². The van der Waals surface area contributed by atoms with Crippen LogP contribution in [0.5, 0.6) is 0 Å². The molecule has 0 aliphatic heterocycles. The van der Waals surface area contributed by atoms with Crippen molar-refractivity contribution in [3.8, 4) is 0 Å². The second kappa shape index (κ2) is 6.24. The normalized spacial score (nSPS) is 11.9. The largest absolute Gasteiger partial charge is 0.398 e. The Labute approximate surface area is 119 Å². The van der Waals surface area contributed by atoms with Gasteiger partial charge in [0.1, 0.15) is 0 Å². The van der Waals surface area contributed by atoms with E-state index in [1.165, 1.54) is 5.56 Å². The van der Waals surface area contributed by atoms with Gasteiger partial charge in [-0.05, 0) is 38.0 Å². The zero-order chi connectivity index (χ0) is 14.5. The molecule has 0 bridgehead atoms. The van der Waals surface area contributed by atoms with Crippen molar-refractivity contribution in [2.75, 3.05) is 5.73 Å². The van der Waals surface area contributed by atoms with Crippen molar-refractivity contribution < 1.29 is 4.79 Å². The van der Waals surface area contributed by atoms with E-state index in [-0.39, 0.29) is 11.9 Å². The fraction of sp³-hybridized carbons (Fsp3) is 0.235. The minimum absolute atomic E-state index is 0.0600. The fourth-order valence-corrected chi connectivity index (χ4v) is 2.19. The Morgan fingerprint density at radius 3 is 2.60 bits per heavy atom. The Kier molecular flexibility index (Phi) is 4.41. The van der Waals surface area contributed by atoms with Gasteiger partial charge in [0.15, 0.2) is 0 Å². The smallest absolute Gasteiger partial charge is 0.253 e. The van der Waals surface area contributed by atoms with Gasteiger partial charge in [-0.1, -0.05) is 42.0 Å². The van der Waals surface area contributed by atoms with Crippen LogP contribution in [0.15, 0.2) is 48.5 Å². The van der Waals surface area contributed by atoms with Gasteiger partial charge in [-0.3, -0.25) is 4.79 Å². The van der Waals surface area contributed by atoms with Crippen LogP contribution in [0.1, 0.15) is 28.4 Å². The lowest BCUT2D eigenvalue weighted by Gasteiger charge is -2.15. The van der Waals surface area contributed by atoms with Crippen molar-refractivity contribution in [1.82, 2.24) is 5.32 Å². The van der Waals surface area contributed by atoms with E-state index in [1.807, 2.05) is 44.2 Å². The Hall–Kier alpha value is -2.29. The third kappa shape index (κ3) is 3.60. The molecule has 0 fully saturated rings. The molecule has 0 aliphatic carbocycles. The van der Waals surface area contributed by atoms with E-state index in [1.54, 1.807) is 6.07 Å². The van der Waals surface area contributed by atoms with Gasteiger partial charge in [-0.15, -0.1) is 0 Å². The summed E-state index contributed by atoms with van der Waals surface area (Å²) in [6, 6.07) is 15.7. The van der Waals surface area contributed by atoms with Crippen molar-refractivity contribution >= 4 is 11.6 Å². The minimum atomic E-state index is -0.116. The number of nitrogens with one attached hydrogen (secondary N) is 1. The first-order valence-electron chi connectivity index (χ1n) is 6.77. The van der Waals surface area contributed by atoms with Crippen molar-refractivity contribution in [3.05, 3.63) is 65.2 Å². The zero-order valence-electron chi connectivity index (χ0n) is 11.9. The fourth-order valence-electron chi connectivity index (χ4n) is 2.19. The predicted molar refractivity (Wildman–Crippen MR) is 82.7 cm³/mol. The van der Waals surface area contributed by atoms with Gasteiger partial charge < -0.3 is 11.1 Å². The van der Waals surface area contributed by atoms with Gasteiger partial charge in [0.25, 0.3) is 5.91 Å². The lowest BCUT2D eigenvalue weighted by Crippen LogP contribution is -2.34. The van der Waals surface area contributed by atoms with E-state index in [4.69, 9.17) is 5.73 Å². The van der Waals surface area contributed by atoms with Crippen LogP contribution < -0.4 is 11.1 Å². The van der Waals surface area contributed by atoms with Gasteiger partial charge in [0.2, 0.25) is 0 Å². The summed E-state index contributed by atoms with van der Waals surface area (Å²) in [5.41, 5.74) is 9.15. The third-order valence-corrected chi connectivity index (χ3v) is 3.22. The highest BCUT2D eigenvalue weighted by molar-refractivity contribution is 5.99. The number of rotatable bonds is 4. The van der Waals surface area contributed by atoms with Crippen LogP contribution in [0.3, 0.4) is 0 Å². The highest BCUT2D eigenvalue weighted by Gasteiger charge is 2.13. The summed E-state index contributed by atoms with van der Waals surface area (Å²) >= 11 is 0. The second-order valence-corrected chi connectivity index (χ2v) is 5.15. The van der Waals surface area contributed by atoms with Gasteiger partial charge in [0, 0.05) is 11.7 Å². The van der Waals surface area contributed by atoms with Gasteiger partial charge >= 0.3 is 0 Å². The molecule has 20 heavy (non-hydrogen) atoms. The maximum absolute atomic E-state index is 12.2. The minimum Gasteiger partial charge on any atom is -0.398 e. The molecule has 3 nitrogen and oxygen atoms in total. The third-order valence-electron chi connectivity index (χ3n) is 3.22. The number of hydrogen-bond donors (Lipinski definition) is 2. The Balaban J connectivity index is 2.02. The van der Waals surface area contributed by atoms with E-state index >= 15 is 0 Å². The molecule has 104 valence electrons. The van der Waals surface area contributed by atoms with Crippen LogP contribution in [-0.4, -0.2) is 11.9 Å². The molecular formula is C17H20N2O. The predicted octanol–water partition coefficient (Wildman–Crippen LogP) is 2.94. The number of benzene rings is 2. The van der Waals surface area contributed by atoms with Crippen molar-refractivity contribution in [2.24, 2.45) is 0 Å². The molecule has 1 atom stereocenters. The van der Waals surface area contributed by atoms with E-state index in [9.17, 15) is 4.79 Å². The molecule has 2 aromatic carbocycles. The Bertz CT molecular complexity index is 593. The molecule has 3 heteroatoms. The number of carbonyl (C=O) groups excluding carboxylic acids is 1. The molecule has 0 heterocycles. The number of amides is 1. The second-order valence-electron chi connectivity index (χ2n) is 5.15. The van der Waals surface area contributed by atoms with Crippen LogP contribution in [0, 0.1) is 6.92 Å². The van der Waals surface area contributed by atoms with Gasteiger partial charge in [0.05, 0.1) is 5.56 Å². The van der Waals surface area contributed by atoms with Gasteiger partial charge in [-0.2, -0.15) is 0 Å². The molecule has 3 N–H and O–H groups in total. The zero-order valence-corrected chi connectivity index (χ0v) is 11.9. The molecule has 2 rings (SSSR count). The molecule has 0 saturated carbocycles. The van der Waals surface area contributed by atoms with Crippen LogP contribution >= 0.6 is 0 Å².